The Morgan fingerprint density at radius 1 is 1.32 bits per heavy atom. The van der Waals surface area contributed by atoms with Crippen molar-refractivity contribution in [2.24, 2.45) is 10.9 Å². The number of carbonyl (C=O) groups excluding carboxylic acids is 2. The van der Waals surface area contributed by atoms with Crippen LogP contribution in [-0.2, 0) is 9.59 Å². The molecule has 0 fully saturated rings. The van der Waals surface area contributed by atoms with E-state index in [9.17, 15) is 9.59 Å². The first kappa shape index (κ1) is 16.4. The highest BCUT2D eigenvalue weighted by Crippen LogP contribution is 2.10. The van der Waals surface area contributed by atoms with Gasteiger partial charge in [-0.15, -0.1) is 0 Å². The van der Waals surface area contributed by atoms with Gasteiger partial charge in [-0.3, -0.25) is 9.59 Å². The molecule has 1 heterocycles. The largest absolute Gasteiger partial charge is 0.356 e. The second kappa shape index (κ2) is 7.34. The quantitative estimate of drug-likeness (QED) is 0.866. The molecule has 0 saturated heterocycles. The molecule has 1 unspecified atom stereocenters. The number of benzene rings is 1. The average Bonchev–Trinajstić information content (AvgIpc) is 2.50. The van der Waals surface area contributed by atoms with Crippen molar-refractivity contribution >= 4 is 17.9 Å². The Morgan fingerprint density at radius 2 is 2.09 bits per heavy atom. The second-order valence-electron chi connectivity index (χ2n) is 5.91. The van der Waals surface area contributed by atoms with Crippen LogP contribution in [0.25, 0.3) is 6.08 Å². The van der Waals surface area contributed by atoms with Crippen molar-refractivity contribution in [2.75, 3.05) is 6.54 Å². The number of rotatable bonds is 6. The van der Waals surface area contributed by atoms with E-state index in [1.807, 2.05) is 26.0 Å². The molecular formula is C18H24N2O2. The molecular weight excluding hydrogens is 276 g/mol. The Morgan fingerprint density at radius 3 is 2.82 bits per heavy atom. The minimum atomic E-state index is -0.235. The highest BCUT2D eigenvalue weighted by atomic mass is 16.2. The summed E-state index contributed by atoms with van der Waals surface area (Å²) in [5.41, 5.74) is 2.21. The van der Waals surface area contributed by atoms with Gasteiger partial charge in [0.1, 0.15) is 0 Å². The Labute approximate surface area is 131 Å². The molecule has 0 saturated carbocycles. The van der Waals surface area contributed by atoms with E-state index in [0.717, 1.165) is 34.5 Å². The van der Waals surface area contributed by atoms with Crippen LogP contribution >= 0.6 is 0 Å². The Balaban J connectivity index is 2.02. The lowest BCUT2D eigenvalue weighted by Crippen LogP contribution is -2.37. The third kappa shape index (κ3) is 3.81. The van der Waals surface area contributed by atoms with E-state index >= 15 is 0 Å². The van der Waals surface area contributed by atoms with Gasteiger partial charge in [0.15, 0.2) is 0 Å². The van der Waals surface area contributed by atoms with E-state index in [4.69, 9.17) is 0 Å². The Kier molecular flexibility index (Phi) is 5.47. The van der Waals surface area contributed by atoms with Gasteiger partial charge < -0.3 is 5.32 Å². The summed E-state index contributed by atoms with van der Waals surface area (Å²) in [5, 5.41) is 4.69. The van der Waals surface area contributed by atoms with Crippen molar-refractivity contribution < 1.29 is 9.59 Å². The first-order chi connectivity index (χ1) is 10.5. The van der Waals surface area contributed by atoms with Crippen molar-refractivity contribution in [1.82, 2.24) is 5.32 Å². The van der Waals surface area contributed by atoms with E-state index < -0.39 is 0 Å². The molecule has 1 aliphatic heterocycles. The number of fused-ring (bicyclic) bond motifs is 1. The smallest absolute Gasteiger partial charge is 0.253 e. The van der Waals surface area contributed by atoms with Crippen LogP contribution in [0.1, 0.15) is 43.7 Å². The summed E-state index contributed by atoms with van der Waals surface area (Å²) in [7, 11) is 0. The number of hydrogen-bond acceptors (Lipinski definition) is 2. The summed E-state index contributed by atoms with van der Waals surface area (Å²) in [4.78, 5) is 28.0. The average molecular weight is 300 g/mol. The maximum Gasteiger partial charge on any atom is 0.253 e. The first-order valence-electron chi connectivity index (χ1n) is 8.00. The molecule has 22 heavy (non-hydrogen) atoms. The number of nitrogens with zero attached hydrogens (tertiary/aromatic N) is 1. The van der Waals surface area contributed by atoms with Gasteiger partial charge in [-0.25, -0.2) is 4.99 Å². The summed E-state index contributed by atoms with van der Waals surface area (Å²) < 4.78 is 0. The standard InChI is InChI=1S/C18H24N2O2/c1-4-5-6-16(21)19-10-9-15-11-14-8-7-12(2)13(3)17(14)20-18(15)22/h7-8,11,15H,4-6,9-10H2,1-3H3,(H,19,21). The van der Waals surface area contributed by atoms with Gasteiger partial charge in [-0.2, -0.15) is 0 Å². The van der Waals surface area contributed by atoms with Gasteiger partial charge in [-0.05, 0) is 43.0 Å². The minimum Gasteiger partial charge on any atom is -0.356 e. The molecule has 1 aromatic rings. The van der Waals surface area contributed by atoms with Crippen molar-refractivity contribution in [3.8, 4) is 0 Å². The molecule has 0 aromatic heterocycles. The summed E-state index contributed by atoms with van der Waals surface area (Å²) in [6.07, 6.45) is 5.06. The molecule has 2 amide bonds. The molecule has 0 aliphatic carbocycles. The Bertz CT molecular complexity index is 692. The molecule has 0 bridgehead atoms. The van der Waals surface area contributed by atoms with Gasteiger partial charge in [0, 0.05) is 13.0 Å². The fourth-order valence-electron chi connectivity index (χ4n) is 2.59. The zero-order valence-corrected chi connectivity index (χ0v) is 13.6. The zero-order valence-electron chi connectivity index (χ0n) is 13.6. The van der Waals surface area contributed by atoms with Gasteiger partial charge in [-0.1, -0.05) is 31.6 Å². The molecule has 4 heteroatoms. The van der Waals surface area contributed by atoms with Crippen LogP contribution in [0.5, 0.6) is 0 Å². The first-order valence-corrected chi connectivity index (χ1v) is 8.00. The number of nitrogens with one attached hydrogen (secondary N) is 1. The zero-order chi connectivity index (χ0) is 16.1. The van der Waals surface area contributed by atoms with E-state index in [1.54, 1.807) is 0 Å². The van der Waals surface area contributed by atoms with Gasteiger partial charge in [0.05, 0.1) is 11.3 Å². The number of hydrogen-bond donors (Lipinski definition) is 1. The Hall–Kier alpha value is -1.97. The fourth-order valence-corrected chi connectivity index (χ4v) is 2.59. The van der Waals surface area contributed by atoms with E-state index in [0.29, 0.717) is 19.4 Å². The van der Waals surface area contributed by atoms with Gasteiger partial charge >= 0.3 is 0 Å². The second-order valence-corrected chi connectivity index (χ2v) is 5.91. The number of carbonyl (C=O) groups is 2. The van der Waals surface area contributed by atoms with Crippen LogP contribution in [0.2, 0.25) is 0 Å². The molecule has 1 atom stereocenters. The lowest BCUT2D eigenvalue weighted by atomic mass is 9.98. The molecule has 118 valence electrons. The fraction of sp³-hybridized carbons (Fsp3) is 0.500. The number of amides is 2. The molecule has 1 N–H and O–H groups in total. The third-order valence-corrected chi connectivity index (χ3v) is 4.19. The third-order valence-electron chi connectivity index (χ3n) is 4.19. The lowest BCUT2D eigenvalue weighted by Gasteiger charge is -2.14. The van der Waals surface area contributed by atoms with Gasteiger partial charge in [0.25, 0.3) is 5.91 Å². The summed E-state index contributed by atoms with van der Waals surface area (Å²) in [5.74, 6) is -0.279. The van der Waals surface area contributed by atoms with Crippen LogP contribution in [0.3, 0.4) is 0 Å². The number of aryl methyl sites for hydroxylation is 1. The predicted molar refractivity (Wildman–Crippen MR) is 86.8 cm³/mol. The highest BCUT2D eigenvalue weighted by molar-refractivity contribution is 5.86. The van der Waals surface area contributed by atoms with Crippen molar-refractivity contribution in [2.45, 2.75) is 46.5 Å². The monoisotopic (exact) mass is 300 g/mol. The lowest BCUT2D eigenvalue weighted by molar-refractivity contribution is -0.122. The van der Waals surface area contributed by atoms with Crippen LogP contribution in [0.4, 0.5) is 0 Å². The van der Waals surface area contributed by atoms with Crippen LogP contribution in [0, 0.1) is 19.8 Å². The maximum absolute atomic E-state index is 12.2. The summed E-state index contributed by atoms with van der Waals surface area (Å²) in [6, 6.07) is 4.07. The van der Waals surface area contributed by atoms with Crippen molar-refractivity contribution in [3.05, 3.63) is 33.8 Å². The minimum absolute atomic E-state index is 0.0638. The van der Waals surface area contributed by atoms with E-state index in [-0.39, 0.29) is 17.7 Å². The molecule has 1 aliphatic rings. The van der Waals surface area contributed by atoms with Crippen molar-refractivity contribution in [3.63, 3.8) is 0 Å². The van der Waals surface area contributed by atoms with Crippen LogP contribution in [-0.4, -0.2) is 18.4 Å². The molecule has 1 aromatic carbocycles. The maximum atomic E-state index is 12.2. The molecule has 0 spiro atoms. The molecule has 0 radical (unpaired) electrons. The topological polar surface area (TPSA) is 58.5 Å². The van der Waals surface area contributed by atoms with Crippen molar-refractivity contribution in [1.29, 1.82) is 0 Å². The molecule has 4 nitrogen and oxygen atoms in total. The normalized spacial score (nSPS) is 16.5. The molecule has 2 rings (SSSR count). The van der Waals surface area contributed by atoms with E-state index in [1.165, 1.54) is 0 Å². The number of unbranched alkanes of at least 4 members (excludes halogenated alkanes) is 1. The predicted octanol–water partition coefficient (Wildman–Crippen LogP) is 1.56. The van der Waals surface area contributed by atoms with E-state index in [2.05, 4.69) is 23.3 Å². The summed E-state index contributed by atoms with van der Waals surface area (Å²) >= 11 is 0. The van der Waals surface area contributed by atoms with Gasteiger partial charge in [0.2, 0.25) is 5.91 Å². The summed E-state index contributed by atoms with van der Waals surface area (Å²) in [6.45, 7) is 6.59. The van der Waals surface area contributed by atoms with Crippen LogP contribution in [0.15, 0.2) is 17.1 Å². The highest BCUT2D eigenvalue weighted by Gasteiger charge is 2.19. The SMILES string of the molecule is CCCCC(=O)NCCC1C=c2ccc(C)c(C)c2=NC1=O. The van der Waals surface area contributed by atoms with Crippen LogP contribution < -0.4 is 15.9 Å².